The highest BCUT2D eigenvalue weighted by molar-refractivity contribution is 6.34. The summed E-state index contributed by atoms with van der Waals surface area (Å²) in [5.41, 5.74) is 7.19. The van der Waals surface area contributed by atoms with Crippen molar-refractivity contribution in [1.82, 2.24) is 4.98 Å². The van der Waals surface area contributed by atoms with Crippen molar-refractivity contribution in [2.24, 2.45) is 5.73 Å². The molecule has 96 valence electrons. The predicted octanol–water partition coefficient (Wildman–Crippen LogP) is 3.67. The molecule has 1 aromatic carbocycles. The van der Waals surface area contributed by atoms with Crippen LogP contribution in [-0.2, 0) is 0 Å². The molecule has 1 unspecified atom stereocenters. The monoisotopic (exact) mass is 276 g/mol. The summed E-state index contributed by atoms with van der Waals surface area (Å²) in [6.45, 7) is 0. The molecule has 19 heavy (non-hydrogen) atoms. The van der Waals surface area contributed by atoms with Crippen LogP contribution in [0.15, 0.2) is 47.0 Å². The molecule has 0 radical (unpaired) electrons. The minimum absolute atomic E-state index is 0.399. The van der Waals surface area contributed by atoms with Gasteiger partial charge in [0.1, 0.15) is 17.6 Å². The van der Waals surface area contributed by atoms with E-state index in [-0.39, 0.29) is 0 Å². The summed E-state index contributed by atoms with van der Waals surface area (Å²) in [5.74, 6) is 0.144. The van der Waals surface area contributed by atoms with Crippen molar-refractivity contribution in [1.29, 1.82) is 0 Å². The number of nitrogens with two attached hydrogens (primary N) is 1. The zero-order valence-corrected chi connectivity index (χ0v) is 10.6. The number of pyridine rings is 1. The van der Waals surface area contributed by atoms with Crippen molar-refractivity contribution in [2.45, 2.75) is 6.04 Å². The predicted molar refractivity (Wildman–Crippen MR) is 71.4 cm³/mol. The lowest BCUT2D eigenvalue weighted by molar-refractivity contribution is 0.519. The Balaban J connectivity index is 2.04. The van der Waals surface area contributed by atoms with Gasteiger partial charge < -0.3 is 10.2 Å². The third kappa shape index (κ3) is 2.20. The fourth-order valence-corrected chi connectivity index (χ4v) is 2.14. The summed E-state index contributed by atoms with van der Waals surface area (Å²) in [5, 5.41) is 1.41. The number of aromatic nitrogens is 1. The summed E-state index contributed by atoms with van der Waals surface area (Å²) in [4.78, 5) is 3.95. The van der Waals surface area contributed by atoms with Gasteiger partial charge in [-0.3, -0.25) is 4.98 Å². The molecule has 0 spiro atoms. The molecule has 0 fully saturated rings. The van der Waals surface area contributed by atoms with Gasteiger partial charge in [0.2, 0.25) is 0 Å². The van der Waals surface area contributed by atoms with E-state index in [1.807, 2.05) is 18.2 Å². The summed E-state index contributed by atoms with van der Waals surface area (Å²) >= 11 is 6.04. The fraction of sp³-hybridized carbons (Fsp3) is 0.0714. The molecule has 2 heterocycles. The Morgan fingerprint density at radius 1 is 1.26 bits per heavy atom. The number of para-hydroxylation sites is 1. The maximum atomic E-state index is 12.8. The standard InChI is InChI=1S/C14H10ClFN2O/c15-10-3-1-2-8-6-12(19-14(8)10)13(17)11-5-4-9(16)7-18-11/h1-7,13H,17H2. The zero-order valence-electron chi connectivity index (χ0n) is 9.81. The van der Waals surface area contributed by atoms with E-state index in [2.05, 4.69) is 4.98 Å². The molecule has 1 atom stereocenters. The first-order valence-corrected chi connectivity index (χ1v) is 6.08. The molecule has 0 saturated carbocycles. The Labute approximate surface area is 113 Å². The number of fused-ring (bicyclic) bond motifs is 1. The minimum Gasteiger partial charge on any atom is -0.457 e. The van der Waals surface area contributed by atoms with Gasteiger partial charge in [-0.05, 0) is 24.3 Å². The number of halogens is 2. The van der Waals surface area contributed by atoms with Gasteiger partial charge in [-0.2, -0.15) is 0 Å². The van der Waals surface area contributed by atoms with Crippen LogP contribution in [0.1, 0.15) is 17.5 Å². The Morgan fingerprint density at radius 2 is 2.11 bits per heavy atom. The van der Waals surface area contributed by atoms with E-state index in [9.17, 15) is 4.39 Å². The van der Waals surface area contributed by atoms with Crippen LogP contribution in [-0.4, -0.2) is 4.98 Å². The van der Waals surface area contributed by atoms with Crippen LogP contribution in [0.2, 0.25) is 5.02 Å². The van der Waals surface area contributed by atoms with Gasteiger partial charge in [0.05, 0.1) is 16.9 Å². The summed E-state index contributed by atoms with van der Waals surface area (Å²) < 4.78 is 18.5. The third-order valence-electron chi connectivity index (χ3n) is 2.89. The summed E-state index contributed by atoms with van der Waals surface area (Å²) in [6.07, 6.45) is 1.13. The lowest BCUT2D eigenvalue weighted by atomic mass is 10.1. The second-order valence-corrected chi connectivity index (χ2v) is 4.59. The van der Waals surface area contributed by atoms with Gasteiger partial charge in [-0.25, -0.2) is 4.39 Å². The first kappa shape index (κ1) is 12.1. The topological polar surface area (TPSA) is 52.0 Å². The zero-order chi connectivity index (χ0) is 13.4. The SMILES string of the molecule is NC(c1ccc(F)cn1)c1cc2cccc(Cl)c2o1. The van der Waals surface area contributed by atoms with Crippen molar-refractivity contribution < 1.29 is 8.81 Å². The van der Waals surface area contributed by atoms with E-state index < -0.39 is 11.9 Å². The van der Waals surface area contributed by atoms with Crippen molar-refractivity contribution in [2.75, 3.05) is 0 Å². The molecule has 3 rings (SSSR count). The highest BCUT2D eigenvalue weighted by Crippen LogP contribution is 2.30. The average molecular weight is 277 g/mol. The van der Waals surface area contributed by atoms with Gasteiger partial charge in [0.25, 0.3) is 0 Å². The number of benzene rings is 1. The average Bonchev–Trinajstić information content (AvgIpc) is 2.84. The van der Waals surface area contributed by atoms with Gasteiger partial charge in [-0.15, -0.1) is 0 Å². The molecule has 5 heteroatoms. The Morgan fingerprint density at radius 3 is 2.79 bits per heavy atom. The molecule has 0 aliphatic heterocycles. The first-order valence-electron chi connectivity index (χ1n) is 5.70. The van der Waals surface area contributed by atoms with Crippen LogP contribution < -0.4 is 5.73 Å². The maximum Gasteiger partial charge on any atom is 0.152 e. The molecular weight excluding hydrogens is 267 g/mol. The van der Waals surface area contributed by atoms with Crippen LogP contribution in [0.25, 0.3) is 11.0 Å². The van der Waals surface area contributed by atoms with Crippen LogP contribution in [0.3, 0.4) is 0 Å². The van der Waals surface area contributed by atoms with Crippen molar-refractivity contribution in [3.63, 3.8) is 0 Å². The lowest BCUT2D eigenvalue weighted by Crippen LogP contribution is -2.12. The van der Waals surface area contributed by atoms with Crippen LogP contribution >= 0.6 is 11.6 Å². The molecule has 0 aliphatic carbocycles. The lowest BCUT2D eigenvalue weighted by Gasteiger charge is -2.07. The van der Waals surface area contributed by atoms with Crippen LogP contribution in [0.5, 0.6) is 0 Å². The Hall–Kier alpha value is -1.91. The number of furan rings is 1. The van der Waals surface area contributed by atoms with Crippen LogP contribution in [0.4, 0.5) is 4.39 Å². The highest BCUT2D eigenvalue weighted by Gasteiger charge is 2.16. The van der Waals surface area contributed by atoms with Crippen molar-refractivity contribution >= 4 is 22.6 Å². The largest absolute Gasteiger partial charge is 0.457 e. The first-order chi connectivity index (χ1) is 9.15. The van der Waals surface area contributed by atoms with E-state index >= 15 is 0 Å². The van der Waals surface area contributed by atoms with E-state index in [1.54, 1.807) is 6.07 Å². The van der Waals surface area contributed by atoms with E-state index in [0.717, 1.165) is 11.6 Å². The van der Waals surface area contributed by atoms with Crippen LogP contribution in [0, 0.1) is 5.82 Å². The minimum atomic E-state index is -0.552. The molecule has 3 nitrogen and oxygen atoms in total. The van der Waals surface area contributed by atoms with E-state index in [1.165, 1.54) is 12.1 Å². The van der Waals surface area contributed by atoms with E-state index in [4.69, 9.17) is 21.8 Å². The summed E-state index contributed by atoms with van der Waals surface area (Å²) in [7, 11) is 0. The van der Waals surface area contributed by atoms with Crippen molar-refractivity contribution in [3.05, 3.63) is 64.9 Å². The molecule has 0 saturated heterocycles. The molecule has 0 amide bonds. The summed E-state index contributed by atoms with van der Waals surface area (Å²) in [6, 6.07) is 9.59. The quantitative estimate of drug-likeness (QED) is 0.777. The van der Waals surface area contributed by atoms with Gasteiger partial charge >= 0.3 is 0 Å². The second-order valence-electron chi connectivity index (χ2n) is 4.19. The number of hydrogen-bond acceptors (Lipinski definition) is 3. The maximum absolute atomic E-state index is 12.8. The van der Waals surface area contributed by atoms with Crippen molar-refractivity contribution in [3.8, 4) is 0 Å². The molecule has 2 aromatic heterocycles. The highest BCUT2D eigenvalue weighted by atomic mass is 35.5. The number of hydrogen-bond donors (Lipinski definition) is 1. The van der Waals surface area contributed by atoms with Gasteiger partial charge in [0, 0.05) is 5.39 Å². The van der Waals surface area contributed by atoms with Gasteiger partial charge in [-0.1, -0.05) is 23.7 Å². The Bertz CT molecular complexity index is 724. The molecular formula is C14H10ClFN2O. The number of nitrogens with zero attached hydrogens (tertiary/aromatic N) is 1. The van der Waals surface area contributed by atoms with Gasteiger partial charge in [0.15, 0.2) is 5.58 Å². The molecule has 3 aromatic rings. The Kier molecular flexibility index (Phi) is 2.97. The molecule has 2 N–H and O–H groups in total. The normalized spacial score (nSPS) is 12.8. The van der Waals surface area contributed by atoms with E-state index in [0.29, 0.717) is 22.1 Å². The molecule has 0 bridgehead atoms. The number of rotatable bonds is 2. The smallest absolute Gasteiger partial charge is 0.152 e. The third-order valence-corrected chi connectivity index (χ3v) is 3.19. The molecule has 0 aliphatic rings. The second kappa shape index (κ2) is 4.64. The fourth-order valence-electron chi connectivity index (χ4n) is 1.92.